The minimum Gasteiger partial charge on any atom is -0.352 e. The Morgan fingerprint density at radius 1 is 0.969 bits per heavy atom. The van der Waals surface area contributed by atoms with Crippen molar-refractivity contribution in [3.8, 4) is 0 Å². The lowest BCUT2D eigenvalue weighted by Gasteiger charge is -2.26. The SMILES string of the molecule is CN=C(NCc1ccc(CN2CCCC2)cc1)NC1CCN(C(=O)C2CCCCC2)C1.I. The van der Waals surface area contributed by atoms with Crippen molar-refractivity contribution in [2.75, 3.05) is 33.2 Å². The van der Waals surface area contributed by atoms with E-state index in [0.717, 1.165) is 51.4 Å². The average Bonchev–Trinajstić information content (AvgIpc) is 3.50. The van der Waals surface area contributed by atoms with E-state index in [9.17, 15) is 4.79 Å². The second-order valence-corrected chi connectivity index (χ2v) is 9.47. The molecule has 2 aliphatic heterocycles. The van der Waals surface area contributed by atoms with Gasteiger partial charge in [-0.25, -0.2) is 0 Å². The van der Waals surface area contributed by atoms with Gasteiger partial charge < -0.3 is 15.5 Å². The Bertz CT molecular complexity index is 741. The Morgan fingerprint density at radius 3 is 2.34 bits per heavy atom. The molecule has 2 heterocycles. The van der Waals surface area contributed by atoms with Gasteiger partial charge in [0.15, 0.2) is 5.96 Å². The summed E-state index contributed by atoms with van der Waals surface area (Å²) < 4.78 is 0. The van der Waals surface area contributed by atoms with Gasteiger partial charge in [-0.1, -0.05) is 43.5 Å². The molecule has 6 nitrogen and oxygen atoms in total. The molecular formula is C25H40IN5O. The molecule has 178 valence electrons. The van der Waals surface area contributed by atoms with Gasteiger partial charge in [-0.3, -0.25) is 14.7 Å². The van der Waals surface area contributed by atoms with Crippen molar-refractivity contribution in [2.45, 2.75) is 70.5 Å². The molecule has 3 fully saturated rings. The number of amides is 1. The summed E-state index contributed by atoms with van der Waals surface area (Å²) in [5, 5.41) is 6.96. The zero-order valence-electron chi connectivity index (χ0n) is 19.5. The molecule has 2 N–H and O–H groups in total. The molecule has 0 radical (unpaired) electrons. The van der Waals surface area contributed by atoms with Crippen LogP contribution in [0.15, 0.2) is 29.3 Å². The van der Waals surface area contributed by atoms with Crippen LogP contribution in [-0.4, -0.2) is 60.9 Å². The van der Waals surface area contributed by atoms with Crippen LogP contribution in [0.2, 0.25) is 0 Å². The average molecular weight is 554 g/mol. The molecule has 1 aliphatic carbocycles. The first-order valence-corrected chi connectivity index (χ1v) is 12.3. The molecule has 1 atom stereocenters. The largest absolute Gasteiger partial charge is 0.352 e. The number of nitrogens with zero attached hydrogens (tertiary/aromatic N) is 3. The zero-order valence-corrected chi connectivity index (χ0v) is 21.9. The fraction of sp³-hybridized carbons (Fsp3) is 0.680. The fourth-order valence-corrected chi connectivity index (χ4v) is 5.22. The maximum absolute atomic E-state index is 12.8. The molecule has 32 heavy (non-hydrogen) atoms. The third-order valence-corrected chi connectivity index (χ3v) is 7.11. The highest BCUT2D eigenvalue weighted by molar-refractivity contribution is 14.0. The third kappa shape index (κ3) is 7.07. The molecule has 4 rings (SSSR count). The van der Waals surface area contributed by atoms with Gasteiger partial charge in [0.25, 0.3) is 0 Å². The molecule has 0 aromatic heterocycles. The number of benzene rings is 1. The molecule has 1 aromatic rings. The number of hydrogen-bond donors (Lipinski definition) is 2. The quantitative estimate of drug-likeness (QED) is 0.320. The number of halogens is 1. The van der Waals surface area contributed by atoms with E-state index in [2.05, 4.69) is 49.7 Å². The zero-order chi connectivity index (χ0) is 21.5. The van der Waals surface area contributed by atoms with Gasteiger partial charge in [0.05, 0.1) is 0 Å². The lowest BCUT2D eigenvalue weighted by Crippen LogP contribution is -2.45. The number of guanidine groups is 1. The Labute approximate surface area is 210 Å². The van der Waals surface area contributed by atoms with Gasteiger partial charge in [-0.15, -0.1) is 24.0 Å². The van der Waals surface area contributed by atoms with E-state index >= 15 is 0 Å². The van der Waals surface area contributed by atoms with Crippen molar-refractivity contribution >= 4 is 35.8 Å². The van der Waals surface area contributed by atoms with Crippen LogP contribution in [0.5, 0.6) is 0 Å². The maximum atomic E-state index is 12.8. The number of rotatable bonds is 6. The lowest BCUT2D eigenvalue weighted by atomic mass is 9.88. The monoisotopic (exact) mass is 553 g/mol. The summed E-state index contributed by atoms with van der Waals surface area (Å²) in [5.41, 5.74) is 2.65. The van der Waals surface area contributed by atoms with E-state index in [4.69, 9.17) is 0 Å². The summed E-state index contributed by atoms with van der Waals surface area (Å²) in [5.74, 6) is 1.46. The van der Waals surface area contributed by atoms with Crippen LogP contribution in [0.4, 0.5) is 0 Å². The second kappa shape index (κ2) is 12.8. The highest BCUT2D eigenvalue weighted by atomic mass is 127. The molecule has 1 unspecified atom stereocenters. The summed E-state index contributed by atoms with van der Waals surface area (Å²) in [4.78, 5) is 21.8. The van der Waals surface area contributed by atoms with Crippen molar-refractivity contribution in [2.24, 2.45) is 10.9 Å². The van der Waals surface area contributed by atoms with E-state index in [1.165, 1.54) is 56.3 Å². The Balaban J connectivity index is 0.00000289. The Hall–Kier alpha value is -1.35. The summed E-state index contributed by atoms with van der Waals surface area (Å²) in [6.07, 6.45) is 9.52. The highest BCUT2D eigenvalue weighted by Gasteiger charge is 2.31. The summed E-state index contributed by atoms with van der Waals surface area (Å²) >= 11 is 0. The normalized spacial score (nSPS) is 22.6. The van der Waals surface area contributed by atoms with Crippen LogP contribution in [0.1, 0.15) is 62.5 Å². The minimum absolute atomic E-state index is 0. The van der Waals surface area contributed by atoms with E-state index in [-0.39, 0.29) is 35.9 Å². The predicted octanol–water partition coefficient (Wildman–Crippen LogP) is 3.75. The first-order chi connectivity index (χ1) is 15.2. The predicted molar refractivity (Wildman–Crippen MR) is 141 cm³/mol. The summed E-state index contributed by atoms with van der Waals surface area (Å²) in [7, 11) is 1.81. The highest BCUT2D eigenvalue weighted by Crippen LogP contribution is 2.26. The second-order valence-electron chi connectivity index (χ2n) is 9.47. The van der Waals surface area contributed by atoms with E-state index in [1.54, 1.807) is 0 Å². The molecule has 1 saturated carbocycles. The summed E-state index contributed by atoms with van der Waals surface area (Å²) in [6, 6.07) is 9.20. The molecule has 3 aliphatic rings. The van der Waals surface area contributed by atoms with Gasteiger partial charge in [0.1, 0.15) is 0 Å². The fourth-order valence-electron chi connectivity index (χ4n) is 5.22. The van der Waals surface area contributed by atoms with Crippen molar-refractivity contribution in [1.29, 1.82) is 0 Å². The van der Waals surface area contributed by atoms with Crippen LogP contribution in [0, 0.1) is 5.92 Å². The smallest absolute Gasteiger partial charge is 0.225 e. The molecule has 0 spiro atoms. The van der Waals surface area contributed by atoms with Gasteiger partial charge in [-0.2, -0.15) is 0 Å². The number of hydrogen-bond acceptors (Lipinski definition) is 3. The first kappa shape index (κ1) is 25.3. The number of nitrogens with one attached hydrogen (secondary N) is 2. The molecule has 0 bridgehead atoms. The van der Waals surface area contributed by atoms with Crippen molar-refractivity contribution in [1.82, 2.24) is 20.4 Å². The summed E-state index contributed by atoms with van der Waals surface area (Å²) in [6.45, 7) is 5.94. The first-order valence-electron chi connectivity index (χ1n) is 12.3. The van der Waals surface area contributed by atoms with Crippen LogP contribution >= 0.6 is 24.0 Å². The van der Waals surface area contributed by atoms with Crippen LogP contribution in [0.3, 0.4) is 0 Å². The van der Waals surface area contributed by atoms with Crippen molar-refractivity contribution < 1.29 is 4.79 Å². The maximum Gasteiger partial charge on any atom is 0.225 e. The van der Waals surface area contributed by atoms with Crippen molar-refractivity contribution in [3.63, 3.8) is 0 Å². The van der Waals surface area contributed by atoms with Gasteiger partial charge in [0, 0.05) is 45.2 Å². The lowest BCUT2D eigenvalue weighted by molar-refractivity contribution is -0.135. The van der Waals surface area contributed by atoms with Crippen molar-refractivity contribution in [3.05, 3.63) is 35.4 Å². The third-order valence-electron chi connectivity index (χ3n) is 7.11. The number of carbonyl (C=O) groups is 1. The van der Waals surface area contributed by atoms with E-state index < -0.39 is 0 Å². The number of likely N-dealkylation sites (tertiary alicyclic amines) is 2. The topological polar surface area (TPSA) is 60.0 Å². The van der Waals surface area contributed by atoms with Crippen LogP contribution < -0.4 is 10.6 Å². The Kier molecular flexibility index (Phi) is 10.1. The number of carbonyl (C=O) groups excluding carboxylic acids is 1. The van der Waals surface area contributed by atoms with Crippen LogP contribution in [0.25, 0.3) is 0 Å². The van der Waals surface area contributed by atoms with E-state index in [1.807, 2.05) is 7.05 Å². The van der Waals surface area contributed by atoms with Gasteiger partial charge >= 0.3 is 0 Å². The minimum atomic E-state index is 0. The standard InChI is InChI=1S/C25H39N5O.HI/c1-26-25(27-17-20-9-11-21(12-10-20)18-29-14-5-6-15-29)28-23-13-16-30(19-23)24(31)22-7-3-2-4-8-22;/h9-12,22-23H,2-8,13-19H2,1H3,(H2,26,27,28);1H. The molecule has 1 amide bonds. The Morgan fingerprint density at radius 2 is 1.66 bits per heavy atom. The molecule has 1 aromatic carbocycles. The van der Waals surface area contributed by atoms with Gasteiger partial charge in [0.2, 0.25) is 5.91 Å². The molecule has 2 saturated heterocycles. The van der Waals surface area contributed by atoms with Gasteiger partial charge in [-0.05, 0) is 56.3 Å². The molecular weight excluding hydrogens is 513 g/mol. The van der Waals surface area contributed by atoms with E-state index in [0.29, 0.717) is 5.91 Å². The van der Waals surface area contributed by atoms with Crippen LogP contribution in [-0.2, 0) is 17.9 Å². The number of aliphatic imine (C=N–C) groups is 1. The molecule has 7 heteroatoms.